The number of nitrogens with one attached hydrogen (secondary N) is 2. The molecule has 0 aromatic carbocycles. The molecule has 0 rings (SSSR count). The first-order valence-corrected chi connectivity index (χ1v) is 2.39. The first-order valence-electron chi connectivity index (χ1n) is 2.39. The Balaban J connectivity index is 4.56. The second-order valence-electron chi connectivity index (χ2n) is 1.40. The highest BCUT2D eigenvalue weighted by Gasteiger charge is 1.88. The Morgan fingerprint density at radius 3 is 2.00 bits per heavy atom. The SMILES string of the molecule is C=C/C(C=N)=C(/N)C=N. The van der Waals surface area contributed by atoms with Gasteiger partial charge in [-0.05, 0) is 0 Å². The van der Waals surface area contributed by atoms with Gasteiger partial charge in [-0.3, -0.25) is 0 Å². The third kappa shape index (κ3) is 1.90. The van der Waals surface area contributed by atoms with Gasteiger partial charge in [-0.25, -0.2) is 0 Å². The van der Waals surface area contributed by atoms with Crippen LogP contribution in [0.15, 0.2) is 23.9 Å². The number of nitrogens with two attached hydrogens (primary N) is 1. The van der Waals surface area contributed by atoms with Crippen molar-refractivity contribution in [3.05, 3.63) is 23.9 Å². The molecule has 0 aliphatic heterocycles. The lowest BCUT2D eigenvalue weighted by atomic mass is 10.2. The second kappa shape index (κ2) is 3.60. The van der Waals surface area contributed by atoms with E-state index in [2.05, 4.69) is 6.58 Å². The first kappa shape index (κ1) is 7.62. The maximum Gasteiger partial charge on any atom is 0.0581 e. The normalized spacial score (nSPS) is 11.6. The topological polar surface area (TPSA) is 73.7 Å². The summed E-state index contributed by atoms with van der Waals surface area (Å²) in [6, 6.07) is 0. The number of allylic oxidation sites excluding steroid dienone is 3. The van der Waals surface area contributed by atoms with E-state index in [1.54, 1.807) is 0 Å². The molecule has 9 heavy (non-hydrogen) atoms. The van der Waals surface area contributed by atoms with Gasteiger partial charge in [-0.15, -0.1) is 0 Å². The number of hydrogen-bond donors (Lipinski definition) is 3. The minimum Gasteiger partial charge on any atom is -0.397 e. The maximum atomic E-state index is 6.76. The van der Waals surface area contributed by atoms with Crippen molar-refractivity contribution in [1.82, 2.24) is 0 Å². The first-order chi connectivity index (χ1) is 4.26. The van der Waals surface area contributed by atoms with Crippen molar-refractivity contribution in [2.75, 3.05) is 0 Å². The fourth-order valence-corrected chi connectivity index (χ4v) is 0.343. The molecule has 0 saturated heterocycles. The van der Waals surface area contributed by atoms with Crippen molar-refractivity contribution >= 4 is 12.4 Å². The lowest BCUT2D eigenvalue weighted by Crippen LogP contribution is -2.02. The van der Waals surface area contributed by atoms with Crippen LogP contribution in [0.2, 0.25) is 0 Å². The summed E-state index contributed by atoms with van der Waals surface area (Å²) in [5, 5.41) is 13.4. The molecule has 0 heterocycles. The molecule has 3 heteroatoms. The largest absolute Gasteiger partial charge is 0.397 e. The predicted molar refractivity (Wildman–Crippen MR) is 39.0 cm³/mol. The summed E-state index contributed by atoms with van der Waals surface area (Å²) in [7, 11) is 0. The van der Waals surface area contributed by atoms with E-state index in [1.807, 2.05) is 0 Å². The number of rotatable bonds is 3. The number of hydrogen-bond acceptors (Lipinski definition) is 3. The summed E-state index contributed by atoms with van der Waals surface area (Å²) < 4.78 is 0. The molecule has 0 aliphatic rings. The third-order valence-corrected chi connectivity index (χ3v) is 0.864. The predicted octanol–water partition coefficient (Wildman–Crippen LogP) is 0.684. The van der Waals surface area contributed by atoms with Crippen LogP contribution < -0.4 is 5.73 Å². The Morgan fingerprint density at radius 1 is 1.33 bits per heavy atom. The van der Waals surface area contributed by atoms with Crippen LogP contribution in [0.3, 0.4) is 0 Å². The molecule has 0 unspecified atom stereocenters. The molecular formula is C6H9N3. The van der Waals surface area contributed by atoms with Crippen molar-refractivity contribution in [3.8, 4) is 0 Å². The molecular weight excluding hydrogens is 114 g/mol. The van der Waals surface area contributed by atoms with Gasteiger partial charge in [0.15, 0.2) is 0 Å². The summed E-state index contributed by atoms with van der Waals surface area (Å²) in [4.78, 5) is 0. The highest BCUT2D eigenvalue weighted by atomic mass is 14.6. The van der Waals surface area contributed by atoms with Gasteiger partial charge >= 0.3 is 0 Å². The van der Waals surface area contributed by atoms with Crippen LogP contribution in [-0.2, 0) is 0 Å². The summed E-state index contributed by atoms with van der Waals surface area (Å²) in [5.41, 5.74) is 5.99. The van der Waals surface area contributed by atoms with Gasteiger partial charge in [0.05, 0.1) is 5.70 Å². The van der Waals surface area contributed by atoms with E-state index >= 15 is 0 Å². The molecule has 0 aliphatic carbocycles. The Bertz CT molecular complexity index is 157. The highest BCUT2D eigenvalue weighted by Crippen LogP contribution is 1.92. The molecule has 0 atom stereocenters. The van der Waals surface area contributed by atoms with Crippen molar-refractivity contribution < 1.29 is 0 Å². The van der Waals surface area contributed by atoms with E-state index < -0.39 is 0 Å². The van der Waals surface area contributed by atoms with Crippen LogP contribution in [0.1, 0.15) is 0 Å². The summed E-state index contributed by atoms with van der Waals surface area (Å²) >= 11 is 0. The van der Waals surface area contributed by atoms with Crippen molar-refractivity contribution in [2.24, 2.45) is 5.73 Å². The minimum atomic E-state index is 0.264. The van der Waals surface area contributed by atoms with Crippen LogP contribution in [0.25, 0.3) is 0 Å². The zero-order chi connectivity index (χ0) is 7.28. The smallest absolute Gasteiger partial charge is 0.0581 e. The zero-order valence-corrected chi connectivity index (χ0v) is 5.02. The summed E-state index contributed by atoms with van der Waals surface area (Å²) in [6.07, 6.45) is 3.49. The minimum absolute atomic E-state index is 0.264. The van der Waals surface area contributed by atoms with E-state index in [0.717, 1.165) is 12.4 Å². The molecule has 0 radical (unpaired) electrons. The Hall–Kier alpha value is -1.38. The van der Waals surface area contributed by atoms with Gasteiger partial charge < -0.3 is 16.6 Å². The Labute approximate surface area is 53.9 Å². The average molecular weight is 123 g/mol. The van der Waals surface area contributed by atoms with Gasteiger partial charge in [0, 0.05) is 18.0 Å². The zero-order valence-electron chi connectivity index (χ0n) is 5.02. The van der Waals surface area contributed by atoms with Gasteiger partial charge in [-0.2, -0.15) is 0 Å². The van der Waals surface area contributed by atoms with Gasteiger partial charge in [0.2, 0.25) is 0 Å². The van der Waals surface area contributed by atoms with Gasteiger partial charge in [0.1, 0.15) is 0 Å². The van der Waals surface area contributed by atoms with Crippen LogP contribution >= 0.6 is 0 Å². The lowest BCUT2D eigenvalue weighted by Gasteiger charge is -1.92. The third-order valence-electron chi connectivity index (χ3n) is 0.864. The second-order valence-corrected chi connectivity index (χ2v) is 1.40. The molecule has 0 aromatic rings. The molecule has 0 spiro atoms. The fraction of sp³-hybridized carbons (Fsp3) is 0. The van der Waals surface area contributed by atoms with E-state index in [4.69, 9.17) is 16.6 Å². The highest BCUT2D eigenvalue weighted by molar-refractivity contribution is 5.90. The molecule has 0 saturated carbocycles. The van der Waals surface area contributed by atoms with Gasteiger partial charge in [0.25, 0.3) is 0 Å². The maximum absolute atomic E-state index is 6.76. The van der Waals surface area contributed by atoms with Gasteiger partial charge in [-0.1, -0.05) is 12.7 Å². The van der Waals surface area contributed by atoms with Crippen LogP contribution in [-0.4, -0.2) is 12.4 Å². The van der Waals surface area contributed by atoms with E-state index in [-0.39, 0.29) is 5.70 Å². The average Bonchev–Trinajstić information content (AvgIpc) is 1.90. The van der Waals surface area contributed by atoms with E-state index in [9.17, 15) is 0 Å². The van der Waals surface area contributed by atoms with E-state index in [0.29, 0.717) is 5.57 Å². The van der Waals surface area contributed by atoms with Crippen molar-refractivity contribution in [2.45, 2.75) is 0 Å². The van der Waals surface area contributed by atoms with Crippen molar-refractivity contribution in [3.63, 3.8) is 0 Å². The quantitative estimate of drug-likeness (QED) is 0.374. The molecule has 4 N–H and O–H groups in total. The van der Waals surface area contributed by atoms with Crippen LogP contribution in [0, 0.1) is 10.8 Å². The summed E-state index contributed by atoms with van der Waals surface area (Å²) in [5.74, 6) is 0. The fourth-order valence-electron chi connectivity index (χ4n) is 0.343. The Kier molecular flexibility index (Phi) is 3.05. The summed E-state index contributed by atoms with van der Waals surface area (Å²) in [6.45, 7) is 3.41. The molecule has 0 aromatic heterocycles. The Morgan fingerprint density at radius 2 is 1.89 bits per heavy atom. The molecule has 3 nitrogen and oxygen atoms in total. The molecule has 0 fully saturated rings. The van der Waals surface area contributed by atoms with Crippen LogP contribution in [0.4, 0.5) is 0 Å². The van der Waals surface area contributed by atoms with Crippen LogP contribution in [0.5, 0.6) is 0 Å². The van der Waals surface area contributed by atoms with E-state index in [1.165, 1.54) is 6.08 Å². The molecule has 0 bridgehead atoms. The lowest BCUT2D eigenvalue weighted by molar-refractivity contribution is 1.41. The molecule has 48 valence electrons. The van der Waals surface area contributed by atoms with Crippen molar-refractivity contribution in [1.29, 1.82) is 10.8 Å². The monoisotopic (exact) mass is 123 g/mol. The molecule has 0 amide bonds. The standard InChI is InChI=1S/C6H9N3/c1-2-5(3-7)6(9)4-8/h2-4,7-8H,1,9H2/b6-5-,7-3?,8-4?.